The van der Waals surface area contributed by atoms with E-state index in [-0.39, 0.29) is 5.78 Å². The molecule has 1 aromatic carbocycles. The summed E-state index contributed by atoms with van der Waals surface area (Å²) in [6.45, 7) is 2.78. The molecule has 2 atom stereocenters. The third-order valence-corrected chi connectivity index (χ3v) is 4.71. The molecule has 1 saturated heterocycles. The number of carbonyl (C=O) groups excluding carboxylic acids is 1. The zero-order valence-electron chi connectivity index (χ0n) is 11.1. The van der Waals surface area contributed by atoms with Gasteiger partial charge >= 0.3 is 0 Å². The van der Waals surface area contributed by atoms with Crippen LogP contribution in [0.3, 0.4) is 0 Å². The van der Waals surface area contributed by atoms with Gasteiger partial charge in [-0.3, -0.25) is 9.69 Å². The Kier molecular flexibility index (Phi) is 3.90. The standard InChI is InChI=1S/C16H20ClNO/c17-15-6-4-14(5-7-15)16(19)11-18-9-12-2-1-3-13(8-12)10-18/h4-7,12-13H,1-3,8-11H2. The van der Waals surface area contributed by atoms with Gasteiger partial charge in [-0.1, -0.05) is 18.0 Å². The fourth-order valence-corrected chi connectivity index (χ4v) is 3.72. The molecule has 1 heterocycles. The van der Waals surface area contributed by atoms with E-state index in [2.05, 4.69) is 4.90 Å². The number of likely N-dealkylation sites (tertiary alicyclic amines) is 1. The highest BCUT2D eigenvalue weighted by Gasteiger charge is 2.31. The van der Waals surface area contributed by atoms with Gasteiger partial charge in [0.2, 0.25) is 0 Å². The third-order valence-electron chi connectivity index (χ3n) is 4.46. The summed E-state index contributed by atoms with van der Waals surface area (Å²) in [6, 6.07) is 7.24. The predicted octanol–water partition coefficient (Wildman–Crippen LogP) is 3.64. The second-order valence-electron chi connectivity index (χ2n) is 6.02. The molecule has 1 saturated carbocycles. The van der Waals surface area contributed by atoms with Gasteiger partial charge in [-0.25, -0.2) is 0 Å². The number of hydrogen-bond acceptors (Lipinski definition) is 2. The fourth-order valence-electron chi connectivity index (χ4n) is 3.60. The number of halogens is 1. The van der Waals surface area contributed by atoms with Gasteiger partial charge in [0.25, 0.3) is 0 Å². The van der Waals surface area contributed by atoms with E-state index in [1.165, 1.54) is 25.7 Å². The van der Waals surface area contributed by atoms with Crippen LogP contribution in [0.1, 0.15) is 36.0 Å². The Morgan fingerprint density at radius 3 is 2.42 bits per heavy atom. The van der Waals surface area contributed by atoms with Crippen molar-refractivity contribution in [2.75, 3.05) is 19.6 Å². The van der Waals surface area contributed by atoms with Gasteiger partial charge in [-0.05, 0) is 55.4 Å². The highest BCUT2D eigenvalue weighted by Crippen LogP contribution is 2.34. The first kappa shape index (κ1) is 13.1. The van der Waals surface area contributed by atoms with Crippen molar-refractivity contribution in [3.05, 3.63) is 34.9 Å². The van der Waals surface area contributed by atoms with E-state index in [0.717, 1.165) is 30.5 Å². The molecular formula is C16H20ClNO. The van der Waals surface area contributed by atoms with Gasteiger partial charge in [-0.2, -0.15) is 0 Å². The monoisotopic (exact) mass is 277 g/mol. The van der Waals surface area contributed by atoms with Crippen LogP contribution in [-0.4, -0.2) is 30.3 Å². The number of hydrogen-bond donors (Lipinski definition) is 0. The zero-order valence-corrected chi connectivity index (χ0v) is 11.9. The molecule has 0 aromatic heterocycles. The SMILES string of the molecule is O=C(CN1CC2CCCC(C2)C1)c1ccc(Cl)cc1. The number of fused-ring (bicyclic) bond motifs is 2. The van der Waals surface area contributed by atoms with Crippen LogP contribution in [0.4, 0.5) is 0 Å². The first-order chi connectivity index (χ1) is 9.20. The Hall–Kier alpha value is -0.860. The second kappa shape index (κ2) is 5.64. The summed E-state index contributed by atoms with van der Waals surface area (Å²) in [6.07, 6.45) is 5.46. The maximum absolute atomic E-state index is 12.3. The minimum Gasteiger partial charge on any atom is -0.295 e. The van der Waals surface area contributed by atoms with Crippen molar-refractivity contribution in [3.8, 4) is 0 Å². The molecule has 2 unspecified atom stereocenters. The zero-order chi connectivity index (χ0) is 13.2. The lowest BCUT2D eigenvalue weighted by Crippen LogP contribution is -2.44. The van der Waals surface area contributed by atoms with Crippen molar-refractivity contribution in [1.29, 1.82) is 0 Å². The normalized spacial score (nSPS) is 27.2. The minimum atomic E-state index is 0.219. The van der Waals surface area contributed by atoms with Gasteiger partial charge in [0.15, 0.2) is 5.78 Å². The number of ketones is 1. The molecule has 1 aliphatic heterocycles. The summed E-state index contributed by atoms with van der Waals surface area (Å²) in [7, 11) is 0. The van der Waals surface area contributed by atoms with Crippen LogP contribution in [0.5, 0.6) is 0 Å². The minimum absolute atomic E-state index is 0.219. The van der Waals surface area contributed by atoms with Gasteiger partial charge in [0.05, 0.1) is 6.54 Å². The summed E-state index contributed by atoms with van der Waals surface area (Å²) in [4.78, 5) is 14.6. The lowest BCUT2D eigenvalue weighted by Gasteiger charge is -2.41. The third kappa shape index (κ3) is 3.18. The van der Waals surface area contributed by atoms with Crippen molar-refractivity contribution in [3.63, 3.8) is 0 Å². The molecule has 19 heavy (non-hydrogen) atoms. The van der Waals surface area contributed by atoms with Crippen LogP contribution in [0.15, 0.2) is 24.3 Å². The quantitative estimate of drug-likeness (QED) is 0.786. The van der Waals surface area contributed by atoms with Gasteiger partial charge < -0.3 is 0 Å². The van der Waals surface area contributed by atoms with Crippen LogP contribution < -0.4 is 0 Å². The van der Waals surface area contributed by atoms with Crippen LogP contribution in [-0.2, 0) is 0 Å². The molecule has 2 fully saturated rings. The maximum Gasteiger partial charge on any atom is 0.176 e. The van der Waals surface area contributed by atoms with Gasteiger partial charge in [0.1, 0.15) is 0 Å². The van der Waals surface area contributed by atoms with Crippen LogP contribution in [0, 0.1) is 11.8 Å². The lowest BCUT2D eigenvalue weighted by molar-refractivity contribution is 0.0702. The molecule has 0 amide bonds. The summed E-state index contributed by atoms with van der Waals surface area (Å²) >= 11 is 5.85. The van der Waals surface area contributed by atoms with Gasteiger partial charge in [0, 0.05) is 23.7 Å². The Labute approximate surface area is 119 Å². The molecule has 2 bridgehead atoms. The summed E-state index contributed by atoms with van der Waals surface area (Å²) < 4.78 is 0. The van der Waals surface area contributed by atoms with Crippen LogP contribution in [0.2, 0.25) is 5.02 Å². The largest absolute Gasteiger partial charge is 0.295 e. The average Bonchev–Trinajstić information content (AvgIpc) is 2.39. The number of nitrogens with zero attached hydrogens (tertiary/aromatic N) is 1. The van der Waals surface area contributed by atoms with E-state index in [1.54, 1.807) is 12.1 Å². The van der Waals surface area contributed by atoms with E-state index >= 15 is 0 Å². The Balaban J connectivity index is 1.61. The smallest absolute Gasteiger partial charge is 0.176 e. The van der Waals surface area contributed by atoms with Crippen LogP contribution >= 0.6 is 11.6 Å². The van der Waals surface area contributed by atoms with Crippen molar-refractivity contribution in [2.45, 2.75) is 25.7 Å². The number of benzene rings is 1. The molecular weight excluding hydrogens is 258 g/mol. The average molecular weight is 278 g/mol. The molecule has 0 spiro atoms. The van der Waals surface area contributed by atoms with Crippen molar-refractivity contribution in [2.24, 2.45) is 11.8 Å². The van der Waals surface area contributed by atoms with Crippen molar-refractivity contribution in [1.82, 2.24) is 4.90 Å². The van der Waals surface area contributed by atoms with Crippen molar-refractivity contribution < 1.29 is 4.79 Å². The highest BCUT2D eigenvalue weighted by molar-refractivity contribution is 6.30. The molecule has 0 N–H and O–H groups in total. The molecule has 1 aromatic rings. The summed E-state index contributed by atoms with van der Waals surface area (Å²) in [5.74, 6) is 1.87. The maximum atomic E-state index is 12.3. The number of rotatable bonds is 3. The first-order valence-electron chi connectivity index (χ1n) is 7.22. The second-order valence-corrected chi connectivity index (χ2v) is 6.46. The van der Waals surface area contributed by atoms with E-state index in [1.807, 2.05) is 12.1 Å². The molecule has 3 heteroatoms. The topological polar surface area (TPSA) is 20.3 Å². The number of carbonyl (C=O) groups is 1. The van der Waals surface area contributed by atoms with E-state index < -0.39 is 0 Å². The molecule has 2 aliphatic rings. The Morgan fingerprint density at radius 1 is 1.16 bits per heavy atom. The highest BCUT2D eigenvalue weighted by atomic mass is 35.5. The fraction of sp³-hybridized carbons (Fsp3) is 0.562. The molecule has 3 rings (SSSR count). The van der Waals surface area contributed by atoms with Gasteiger partial charge in [-0.15, -0.1) is 0 Å². The number of Topliss-reactive ketones (excluding diaryl/α,β-unsaturated/α-hetero) is 1. The summed E-state index contributed by atoms with van der Waals surface area (Å²) in [5.41, 5.74) is 0.778. The first-order valence-corrected chi connectivity index (χ1v) is 7.59. The predicted molar refractivity (Wildman–Crippen MR) is 77.7 cm³/mol. The van der Waals surface area contributed by atoms with Crippen LogP contribution in [0.25, 0.3) is 0 Å². The van der Waals surface area contributed by atoms with E-state index in [0.29, 0.717) is 11.6 Å². The Bertz CT molecular complexity index is 444. The lowest BCUT2D eigenvalue weighted by atomic mass is 9.78. The van der Waals surface area contributed by atoms with E-state index in [9.17, 15) is 4.79 Å². The molecule has 1 aliphatic carbocycles. The molecule has 2 nitrogen and oxygen atoms in total. The number of piperidine rings is 1. The molecule has 102 valence electrons. The van der Waals surface area contributed by atoms with Crippen molar-refractivity contribution >= 4 is 17.4 Å². The Morgan fingerprint density at radius 2 is 1.79 bits per heavy atom. The summed E-state index contributed by atoms with van der Waals surface area (Å²) in [5, 5.41) is 0.684. The molecule has 0 radical (unpaired) electrons. The van der Waals surface area contributed by atoms with E-state index in [4.69, 9.17) is 11.6 Å².